The molecule has 5 heteroatoms. The Morgan fingerprint density at radius 3 is 1.42 bits per heavy atom. The van der Waals surface area contributed by atoms with Crippen molar-refractivity contribution in [3.8, 4) is 56.7 Å². The van der Waals surface area contributed by atoms with Gasteiger partial charge in [0.2, 0.25) is 0 Å². The van der Waals surface area contributed by atoms with E-state index in [2.05, 4.69) is 150 Å². The van der Waals surface area contributed by atoms with Crippen molar-refractivity contribution in [1.82, 2.24) is 24.1 Å². The monoisotopic (exact) mass is 731 g/mol. The fourth-order valence-electron chi connectivity index (χ4n) is 8.08. The van der Waals surface area contributed by atoms with Gasteiger partial charge in [-0.3, -0.25) is 0 Å². The van der Waals surface area contributed by atoms with Gasteiger partial charge in [0.1, 0.15) is 0 Å². The lowest BCUT2D eigenvalue weighted by atomic mass is 10.0. The van der Waals surface area contributed by atoms with Gasteiger partial charge >= 0.3 is 0 Å². The molecule has 270 valence electrons. The number of nitrogens with zero attached hydrogens (tertiary/aromatic N) is 5. The van der Waals surface area contributed by atoms with Crippen LogP contribution in [0.2, 0.25) is 0 Å². The van der Waals surface area contributed by atoms with Crippen molar-refractivity contribution in [2.45, 2.75) is 6.92 Å². The number of aromatic nitrogens is 5. The van der Waals surface area contributed by atoms with Crippen LogP contribution in [-0.2, 0) is 0 Å². The summed E-state index contributed by atoms with van der Waals surface area (Å²) in [6.45, 7) is 6.13. The van der Waals surface area contributed by atoms with Crippen LogP contribution in [0.5, 0.6) is 0 Å². The van der Waals surface area contributed by atoms with Gasteiger partial charge in [-0.2, -0.15) is 0 Å². The second-order valence-electron chi connectivity index (χ2n) is 14.1. The zero-order chi connectivity index (χ0) is 38.3. The third-order valence-electron chi connectivity index (χ3n) is 10.7. The molecule has 0 bridgehead atoms. The average Bonchev–Trinajstić information content (AvgIpc) is 3.78. The molecule has 3 aromatic heterocycles. The van der Waals surface area contributed by atoms with Gasteiger partial charge in [0, 0.05) is 54.8 Å². The zero-order valence-electron chi connectivity index (χ0n) is 31.4. The second kappa shape index (κ2) is 14.2. The van der Waals surface area contributed by atoms with E-state index in [9.17, 15) is 0 Å². The van der Waals surface area contributed by atoms with Crippen LogP contribution in [-0.4, -0.2) is 24.1 Å². The molecule has 0 spiro atoms. The summed E-state index contributed by atoms with van der Waals surface area (Å²) in [5.41, 5.74) is 10.7. The van der Waals surface area contributed by atoms with Crippen molar-refractivity contribution in [3.63, 3.8) is 0 Å². The molecule has 0 aliphatic heterocycles. The molecule has 0 aliphatic rings. The summed E-state index contributed by atoms with van der Waals surface area (Å²) in [5, 5.41) is 5.76. The van der Waals surface area contributed by atoms with E-state index in [-0.39, 0.29) is 0 Å². The van der Waals surface area contributed by atoms with Crippen molar-refractivity contribution in [1.29, 1.82) is 0 Å². The van der Waals surface area contributed by atoms with Gasteiger partial charge in [0.25, 0.3) is 0 Å². The highest BCUT2D eigenvalue weighted by Crippen LogP contribution is 2.38. The maximum absolute atomic E-state index is 5.07. The Balaban J connectivity index is 1.20. The molecule has 7 aromatic carbocycles. The minimum atomic E-state index is 0.629. The zero-order valence-corrected chi connectivity index (χ0v) is 31.4. The predicted octanol–water partition coefficient (Wildman–Crippen LogP) is 11.3. The molecular formula is C52H37N5. The first-order valence-electron chi connectivity index (χ1n) is 19.2. The van der Waals surface area contributed by atoms with Crippen LogP contribution in [0.3, 0.4) is 0 Å². The van der Waals surface area contributed by atoms with Crippen molar-refractivity contribution >= 4 is 44.9 Å². The van der Waals surface area contributed by atoms with Crippen molar-refractivity contribution in [2.24, 2.45) is 0 Å². The topological polar surface area (TPSA) is 48.5 Å². The van der Waals surface area contributed by atoms with E-state index in [4.69, 9.17) is 15.0 Å². The minimum Gasteiger partial charge on any atom is -0.310 e. The molecule has 0 saturated carbocycles. The molecule has 10 rings (SSSR count). The maximum Gasteiger partial charge on any atom is 0.164 e. The summed E-state index contributed by atoms with van der Waals surface area (Å²) in [4.78, 5) is 15.1. The summed E-state index contributed by atoms with van der Waals surface area (Å²) in [7, 11) is 0. The molecule has 0 aliphatic carbocycles. The smallest absolute Gasteiger partial charge is 0.164 e. The molecule has 5 nitrogen and oxygen atoms in total. The Kier molecular flexibility index (Phi) is 8.46. The first-order chi connectivity index (χ1) is 28.2. The predicted molar refractivity (Wildman–Crippen MR) is 237 cm³/mol. The number of benzene rings is 7. The van der Waals surface area contributed by atoms with E-state index in [1.54, 1.807) is 0 Å². The fraction of sp³-hybridized carbons (Fsp3) is 0.0192. The quantitative estimate of drug-likeness (QED) is 0.164. The number of hydrogen-bond acceptors (Lipinski definition) is 3. The number of fused-ring (bicyclic) bond motifs is 4. The first kappa shape index (κ1) is 33.9. The van der Waals surface area contributed by atoms with Crippen LogP contribution in [0.1, 0.15) is 6.92 Å². The van der Waals surface area contributed by atoms with E-state index in [1.807, 2.05) is 66.7 Å². The minimum absolute atomic E-state index is 0.629. The summed E-state index contributed by atoms with van der Waals surface area (Å²) in [5.74, 6) is 1.91. The molecule has 0 amide bonds. The average molecular weight is 732 g/mol. The van der Waals surface area contributed by atoms with E-state index >= 15 is 0 Å². The molecule has 10 aromatic rings. The van der Waals surface area contributed by atoms with Gasteiger partial charge in [-0.25, -0.2) is 15.0 Å². The van der Waals surface area contributed by atoms with Gasteiger partial charge in [0.05, 0.1) is 16.6 Å². The third kappa shape index (κ3) is 5.94. The number of allylic oxidation sites excluding steroid dienone is 1. The second-order valence-corrected chi connectivity index (χ2v) is 14.1. The van der Waals surface area contributed by atoms with Gasteiger partial charge in [-0.1, -0.05) is 140 Å². The van der Waals surface area contributed by atoms with Crippen LogP contribution in [0, 0.1) is 0 Å². The number of rotatable bonds is 7. The number of para-hydroxylation sites is 2. The standard InChI is InChI=1S/C52H37N5/c1-3-17-42-43-29-26-38(34-49(43)56(46(42)4-2)40-22-13-7-14-23-40)37-27-30-47-44(32-37)45-33-39(28-31-48(45)57(47)41-24-15-8-16-25-41)52-54-50(35-18-9-5-10-19-35)53-51(55-52)36-20-11-6-12-21-36/h3-34H,1H2,2H3/b42-17-,46-4+. The Morgan fingerprint density at radius 1 is 0.421 bits per heavy atom. The SMILES string of the molecule is C=C/C=c1\c(=C/C)n(-c2ccccc2)c2cc(-c3ccc4c(c3)c3cc(-c5nc(-c6ccccc6)nc(-c6ccccc6)n5)ccc3n4-c3ccccc3)ccc12. The summed E-state index contributed by atoms with van der Waals surface area (Å²) < 4.78 is 4.70. The molecule has 0 radical (unpaired) electrons. The molecule has 0 atom stereocenters. The lowest BCUT2D eigenvalue weighted by molar-refractivity contribution is 1.07. The van der Waals surface area contributed by atoms with Crippen molar-refractivity contribution < 1.29 is 0 Å². The molecule has 0 saturated heterocycles. The van der Waals surface area contributed by atoms with Gasteiger partial charge < -0.3 is 9.13 Å². The lowest BCUT2D eigenvalue weighted by Crippen LogP contribution is -2.27. The summed E-state index contributed by atoms with van der Waals surface area (Å²) in [6.07, 6.45) is 6.16. The summed E-state index contributed by atoms with van der Waals surface area (Å²) >= 11 is 0. The molecule has 3 heterocycles. The highest BCUT2D eigenvalue weighted by molar-refractivity contribution is 6.11. The van der Waals surface area contributed by atoms with E-state index in [0.29, 0.717) is 17.5 Å². The molecule has 0 fully saturated rings. The van der Waals surface area contributed by atoms with Crippen LogP contribution < -0.4 is 10.6 Å². The Bertz CT molecular complexity index is 3180. The van der Waals surface area contributed by atoms with Crippen LogP contribution in [0.25, 0.3) is 102 Å². The normalized spacial score (nSPS) is 12.2. The summed E-state index contributed by atoms with van der Waals surface area (Å²) in [6, 6.07) is 61.6. The highest BCUT2D eigenvalue weighted by atomic mass is 15.0. The molecule has 57 heavy (non-hydrogen) atoms. The van der Waals surface area contributed by atoms with Crippen molar-refractivity contribution in [3.05, 3.63) is 199 Å². The molecular weight excluding hydrogens is 695 g/mol. The van der Waals surface area contributed by atoms with Crippen molar-refractivity contribution in [2.75, 3.05) is 0 Å². The Morgan fingerprint density at radius 2 is 0.877 bits per heavy atom. The molecule has 0 unspecified atom stereocenters. The van der Waals surface area contributed by atoms with Gasteiger partial charge in [0.15, 0.2) is 17.5 Å². The Labute approximate surface area is 330 Å². The third-order valence-corrected chi connectivity index (χ3v) is 10.7. The van der Waals surface area contributed by atoms with Crippen LogP contribution in [0.15, 0.2) is 189 Å². The van der Waals surface area contributed by atoms with E-state index in [0.717, 1.165) is 77.1 Å². The fourth-order valence-corrected chi connectivity index (χ4v) is 8.08. The number of hydrogen-bond donors (Lipinski definition) is 0. The molecule has 0 N–H and O–H groups in total. The van der Waals surface area contributed by atoms with Crippen LogP contribution in [0.4, 0.5) is 0 Å². The van der Waals surface area contributed by atoms with Gasteiger partial charge in [-0.05, 0) is 78.7 Å². The largest absolute Gasteiger partial charge is 0.310 e. The highest BCUT2D eigenvalue weighted by Gasteiger charge is 2.18. The van der Waals surface area contributed by atoms with Crippen LogP contribution >= 0.6 is 0 Å². The maximum atomic E-state index is 5.07. The lowest BCUT2D eigenvalue weighted by Gasteiger charge is -2.10. The van der Waals surface area contributed by atoms with E-state index < -0.39 is 0 Å². The Hall–Kier alpha value is -7.63. The van der Waals surface area contributed by atoms with E-state index in [1.165, 1.54) is 5.39 Å². The first-order valence-corrected chi connectivity index (χ1v) is 19.2. The van der Waals surface area contributed by atoms with Gasteiger partial charge in [-0.15, -0.1) is 0 Å².